The lowest BCUT2D eigenvalue weighted by Crippen LogP contribution is -2.35. The van der Waals surface area contributed by atoms with Crippen LogP contribution in [0.15, 0.2) is 30.3 Å². The van der Waals surface area contributed by atoms with Gasteiger partial charge in [0.2, 0.25) is 0 Å². The second-order valence-electron chi connectivity index (χ2n) is 4.87. The minimum Gasteiger partial charge on any atom is -0.464 e. The van der Waals surface area contributed by atoms with Gasteiger partial charge in [-0.3, -0.25) is 10.1 Å². The molecule has 3 heteroatoms. The Hall–Kier alpha value is -1.79. The second kappa shape index (κ2) is 8.34. The molecule has 0 saturated heterocycles. The largest absolute Gasteiger partial charge is 0.464 e. The van der Waals surface area contributed by atoms with E-state index in [2.05, 4.69) is 11.2 Å². The Morgan fingerprint density at radius 1 is 1.37 bits per heavy atom. The van der Waals surface area contributed by atoms with Crippen LogP contribution < -0.4 is 5.32 Å². The standard InChI is InChI=1S/C16H21NO2/c1-4-15(10-14-8-6-5-7-9-14)17-11-16(18)19-12-13(2)3/h1,5-9,13,15,17H,10-12H2,2-3H3. The van der Waals surface area contributed by atoms with Crippen LogP contribution in [0.2, 0.25) is 0 Å². The van der Waals surface area contributed by atoms with Crippen LogP contribution in [0.4, 0.5) is 0 Å². The number of carbonyl (C=O) groups is 1. The minimum absolute atomic E-state index is 0.147. The van der Waals surface area contributed by atoms with Crippen LogP contribution in [-0.2, 0) is 16.0 Å². The van der Waals surface area contributed by atoms with E-state index in [4.69, 9.17) is 11.2 Å². The molecule has 0 bridgehead atoms. The normalized spacial score (nSPS) is 11.9. The van der Waals surface area contributed by atoms with E-state index in [-0.39, 0.29) is 18.6 Å². The summed E-state index contributed by atoms with van der Waals surface area (Å²) in [5.41, 5.74) is 1.15. The first-order chi connectivity index (χ1) is 9.11. The molecule has 1 rings (SSSR count). The molecule has 102 valence electrons. The lowest BCUT2D eigenvalue weighted by Gasteiger charge is -2.13. The monoisotopic (exact) mass is 259 g/mol. The maximum Gasteiger partial charge on any atom is 0.319 e. The molecule has 19 heavy (non-hydrogen) atoms. The molecule has 0 aromatic heterocycles. The Balaban J connectivity index is 2.33. The number of ether oxygens (including phenoxy) is 1. The van der Waals surface area contributed by atoms with Crippen molar-refractivity contribution in [2.75, 3.05) is 13.2 Å². The molecule has 1 unspecified atom stereocenters. The van der Waals surface area contributed by atoms with Crippen molar-refractivity contribution in [2.45, 2.75) is 26.3 Å². The van der Waals surface area contributed by atoms with Gasteiger partial charge in [0, 0.05) is 0 Å². The van der Waals surface area contributed by atoms with E-state index in [9.17, 15) is 4.79 Å². The van der Waals surface area contributed by atoms with Crippen molar-refractivity contribution in [1.29, 1.82) is 0 Å². The molecule has 0 aliphatic rings. The number of esters is 1. The van der Waals surface area contributed by atoms with E-state index >= 15 is 0 Å². The second-order valence-corrected chi connectivity index (χ2v) is 4.87. The molecule has 1 atom stereocenters. The van der Waals surface area contributed by atoms with Crippen LogP contribution in [0.3, 0.4) is 0 Å². The highest BCUT2D eigenvalue weighted by atomic mass is 16.5. The third kappa shape index (κ3) is 6.64. The fraction of sp³-hybridized carbons (Fsp3) is 0.438. The summed E-state index contributed by atoms with van der Waals surface area (Å²) >= 11 is 0. The van der Waals surface area contributed by atoms with Crippen molar-refractivity contribution in [1.82, 2.24) is 5.32 Å². The van der Waals surface area contributed by atoms with E-state index in [0.29, 0.717) is 18.9 Å². The first-order valence-corrected chi connectivity index (χ1v) is 6.51. The third-order valence-electron chi connectivity index (χ3n) is 2.55. The van der Waals surface area contributed by atoms with Crippen LogP contribution in [0.25, 0.3) is 0 Å². The summed E-state index contributed by atoms with van der Waals surface area (Å²) < 4.78 is 5.08. The van der Waals surface area contributed by atoms with E-state index in [0.717, 1.165) is 5.56 Å². The molecule has 0 spiro atoms. The molecule has 1 N–H and O–H groups in total. The maximum absolute atomic E-state index is 11.5. The summed E-state index contributed by atoms with van der Waals surface area (Å²) in [6.45, 7) is 4.59. The van der Waals surface area contributed by atoms with Crippen LogP contribution in [-0.4, -0.2) is 25.2 Å². The molecule has 0 heterocycles. The van der Waals surface area contributed by atoms with E-state index in [1.54, 1.807) is 0 Å². The van der Waals surface area contributed by atoms with Gasteiger partial charge in [-0.2, -0.15) is 0 Å². The lowest BCUT2D eigenvalue weighted by molar-refractivity contribution is -0.143. The van der Waals surface area contributed by atoms with Crippen LogP contribution in [0.5, 0.6) is 0 Å². The summed E-state index contributed by atoms with van der Waals surface area (Å²) in [7, 11) is 0. The fourth-order valence-corrected chi connectivity index (χ4v) is 1.56. The number of carbonyl (C=O) groups excluding carboxylic acids is 1. The Labute approximate surface area is 115 Å². The van der Waals surface area contributed by atoms with Crippen LogP contribution in [0, 0.1) is 18.3 Å². The van der Waals surface area contributed by atoms with Crippen molar-refractivity contribution in [2.24, 2.45) is 5.92 Å². The molecule has 0 aliphatic heterocycles. The van der Waals surface area contributed by atoms with Gasteiger partial charge in [0.05, 0.1) is 19.2 Å². The predicted molar refractivity (Wildman–Crippen MR) is 76.6 cm³/mol. The van der Waals surface area contributed by atoms with Crippen molar-refractivity contribution in [3.8, 4) is 12.3 Å². The zero-order chi connectivity index (χ0) is 14.1. The smallest absolute Gasteiger partial charge is 0.319 e. The van der Waals surface area contributed by atoms with Gasteiger partial charge in [-0.25, -0.2) is 0 Å². The predicted octanol–water partition coefficient (Wildman–Crippen LogP) is 2.02. The molecule has 0 radical (unpaired) electrons. The fourth-order valence-electron chi connectivity index (χ4n) is 1.56. The molecular formula is C16H21NO2. The average Bonchev–Trinajstić information content (AvgIpc) is 2.42. The van der Waals surface area contributed by atoms with Gasteiger partial charge in [-0.1, -0.05) is 50.1 Å². The van der Waals surface area contributed by atoms with Crippen molar-refractivity contribution in [3.63, 3.8) is 0 Å². The van der Waals surface area contributed by atoms with Gasteiger partial charge in [0.25, 0.3) is 0 Å². The van der Waals surface area contributed by atoms with Gasteiger partial charge in [0.1, 0.15) is 0 Å². The first kappa shape index (κ1) is 15.3. The number of hydrogen-bond acceptors (Lipinski definition) is 3. The summed E-state index contributed by atoms with van der Waals surface area (Å²) in [5.74, 6) is 2.73. The molecule has 3 nitrogen and oxygen atoms in total. The molecule has 1 aromatic carbocycles. The molecule has 1 aromatic rings. The summed E-state index contributed by atoms with van der Waals surface area (Å²) in [6, 6.07) is 9.78. The van der Waals surface area contributed by atoms with E-state index < -0.39 is 0 Å². The molecular weight excluding hydrogens is 238 g/mol. The van der Waals surface area contributed by atoms with Gasteiger partial charge in [-0.05, 0) is 17.9 Å². The summed E-state index contributed by atoms with van der Waals surface area (Å²) in [6.07, 6.45) is 6.17. The maximum atomic E-state index is 11.5. The zero-order valence-electron chi connectivity index (χ0n) is 11.6. The SMILES string of the molecule is C#CC(Cc1ccccc1)NCC(=O)OCC(C)C. The Morgan fingerprint density at radius 2 is 2.05 bits per heavy atom. The van der Waals surface area contributed by atoms with Crippen molar-refractivity contribution in [3.05, 3.63) is 35.9 Å². The van der Waals surface area contributed by atoms with Gasteiger partial charge >= 0.3 is 5.97 Å². The van der Waals surface area contributed by atoms with Crippen LogP contribution in [0.1, 0.15) is 19.4 Å². The minimum atomic E-state index is -0.262. The van der Waals surface area contributed by atoms with Crippen molar-refractivity contribution < 1.29 is 9.53 Å². The van der Waals surface area contributed by atoms with E-state index in [1.807, 2.05) is 44.2 Å². The zero-order valence-corrected chi connectivity index (χ0v) is 11.6. The highest BCUT2D eigenvalue weighted by Crippen LogP contribution is 2.02. The van der Waals surface area contributed by atoms with Gasteiger partial charge in [-0.15, -0.1) is 6.42 Å². The third-order valence-corrected chi connectivity index (χ3v) is 2.55. The van der Waals surface area contributed by atoms with Crippen molar-refractivity contribution >= 4 is 5.97 Å². The van der Waals surface area contributed by atoms with Crippen LogP contribution >= 0.6 is 0 Å². The number of benzene rings is 1. The van der Waals surface area contributed by atoms with Gasteiger partial charge in [0.15, 0.2) is 0 Å². The van der Waals surface area contributed by atoms with E-state index in [1.165, 1.54) is 0 Å². The molecule has 0 fully saturated rings. The number of rotatable bonds is 7. The quantitative estimate of drug-likeness (QED) is 0.601. The Bertz CT molecular complexity index is 420. The average molecular weight is 259 g/mol. The molecule has 0 aliphatic carbocycles. The summed E-state index contributed by atoms with van der Waals surface area (Å²) in [4.78, 5) is 11.5. The molecule has 0 saturated carbocycles. The molecule has 0 amide bonds. The Morgan fingerprint density at radius 3 is 2.63 bits per heavy atom. The highest BCUT2D eigenvalue weighted by molar-refractivity contribution is 5.71. The number of hydrogen-bond donors (Lipinski definition) is 1. The number of nitrogens with one attached hydrogen (secondary N) is 1. The Kier molecular flexibility index (Phi) is 6.70. The topological polar surface area (TPSA) is 38.3 Å². The first-order valence-electron chi connectivity index (χ1n) is 6.51. The lowest BCUT2D eigenvalue weighted by atomic mass is 10.1. The van der Waals surface area contributed by atoms with Gasteiger partial charge < -0.3 is 4.74 Å². The number of terminal acetylenes is 1. The summed E-state index contributed by atoms with van der Waals surface area (Å²) in [5, 5.41) is 3.03. The highest BCUT2D eigenvalue weighted by Gasteiger charge is 2.09.